The van der Waals surface area contributed by atoms with Crippen LogP contribution in [0.25, 0.3) is 0 Å². The summed E-state index contributed by atoms with van der Waals surface area (Å²) in [6.07, 6.45) is 18.5. The summed E-state index contributed by atoms with van der Waals surface area (Å²) in [6.45, 7) is 4.59. The molecule has 18 heavy (non-hydrogen) atoms. The van der Waals surface area contributed by atoms with Crippen LogP contribution in [-0.2, 0) is 0 Å². The van der Waals surface area contributed by atoms with Gasteiger partial charge in [-0.25, -0.2) is 0 Å². The molecule has 0 aromatic carbocycles. The molecule has 1 saturated heterocycles. The Morgan fingerprint density at radius 3 is 1.61 bits per heavy atom. The maximum atomic E-state index is 3.86. The van der Waals surface area contributed by atoms with Gasteiger partial charge in [-0.05, 0) is 25.7 Å². The SMILES string of the molecule is CCCCCCC[C@H]1CC[C@H](CCCCCC)N1. The van der Waals surface area contributed by atoms with Crippen LogP contribution in [0.15, 0.2) is 0 Å². The maximum absolute atomic E-state index is 3.86. The molecule has 0 bridgehead atoms. The molecule has 1 nitrogen and oxygen atoms in total. The maximum Gasteiger partial charge on any atom is 0.00702 e. The number of hydrogen-bond donors (Lipinski definition) is 1. The van der Waals surface area contributed by atoms with Gasteiger partial charge in [0.05, 0.1) is 0 Å². The molecule has 2 atom stereocenters. The summed E-state index contributed by atoms with van der Waals surface area (Å²) >= 11 is 0. The van der Waals surface area contributed by atoms with Crippen molar-refractivity contribution >= 4 is 0 Å². The lowest BCUT2D eigenvalue weighted by Crippen LogP contribution is -2.29. The quantitative estimate of drug-likeness (QED) is 0.484. The molecule has 1 N–H and O–H groups in total. The molecule has 1 aliphatic rings. The number of hydrogen-bond acceptors (Lipinski definition) is 1. The van der Waals surface area contributed by atoms with E-state index < -0.39 is 0 Å². The van der Waals surface area contributed by atoms with Crippen molar-refractivity contribution in [2.75, 3.05) is 0 Å². The van der Waals surface area contributed by atoms with Gasteiger partial charge in [0.15, 0.2) is 0 Å². The lowest BCUT2D eigenvalue weighted by molar-refractivity contribution is 0.455. The fourth-order valence-electron chi connectivity index (χ4n) is 3.17. The summed E-state index contributed by atoms with van der Waals surface area (Å²) < 4.78 is 0. The van der Waals surface area contributed by atoms with E-state index in [9.17, 15) is 0 Å². The Bertz CT molecular complexity index is 178. The average molecular weight is 253 g/mol. The van der Waals surface area contributed by atoms with E-state index in [1.165, 1.54) is 83.5 Å². The van der Waals surface area contributed by atoms with E-state index in [0.717, 1.165) is 12.1 Å². The Morgan fingerprint density at radius 2 is 1.11 bits per heavy atom. The van der Waals surface area contributed by atoms with Crippen LogP contribution < -0.4 is 5.32 Å². The van der Waals surface area contributed by atoms with Gasteiger partial charge in [0.1, 0.15) is 0 Å². The summed E-state index contributed by atoms with van der Waals surface area (Å²) in [7, 11) is 0. The lowest BCUT2D eigenvalue weighted by atomic mass is 10.0. The van der Waals surface area contributed by atoms with E-state index >= 15 is 0 Å². The minimum absolute atomic E-state index is 0.850. The summed E-state index contributed by atoms with van der Waals surface area (Å²) in [5.41, 5.74) is 0. The van der Waals surface area contributed by atoms with E-state index in [1.54, 1.807) is 0 Å². The highest BCUT2D eigenvalue weighted by Gasteiger charge is 2.22. The van der Waals surface area contributed by atoms with E-state index in [1.807, 2.05) is 0 Å². The minimum Gasteiger partial charge on any atom is -0.311 e. The van der Waals surface area contributed by atoms with Crippen molar-refractivity contribution < 1.29 is 0 Å². The van der Waals surface area contributed by atoms with E-state index in [2.05, 4.69) is 19.2 Å². The third kappa shape index (κ3) is 7.41. The highest BCUT2D eigenvalue weighted by atomic mass is 15.0. The van der Waals surface area contributed by atoms with Crippen LogP contribution in [-0.4, -0.2) is 12.1 Å². The summed E-state index contributed by atoms with van der Waals surface area (Å²) in [5.74, 6) is 0. The standard InChI is InChI=1S/C17H35N/c1-3-5-7-9-11-13-17-15-14-16(18-17)12-10-8-6-4-2/h16-18H,3-15H2,1-2H3/t16-,17-/m0/s1. The summed E-state index contributed by atoms with van der Waals surface area (Å²) in [6, 6.07) is 1.70. The van der Waals surface area contributed by atoms with Crippen LogP contribution in [0.5, 0.6) is 0 Å². The smallest absolute Gasteiger partial charge is 0.00702 e. The predicted molar refractivity (Wildman–Crippen MR) is 82.1 cm³/mol. The largest absolute Gasteiger partial charge is 0.311 e. The number of nitrogens with one attached hydrogen (secondary N) is 1. The molecule has 108 valence electrons. The Morgan fingerprint density at radius 1 is 0.667 bits per heavy atom. The van der Waals surface area contributed by atoms with Crippen molar-refractivity contribution in [1.29, 1.82) is 0 Å². The second-order valence-electron chi connectivity index (χ2n) is 6.19. The van der Waals surface area contributed by atoms with Gasteiger partial charge in [-0.3, -0.25) is 0 Å². The Balaban J connectivity index is 1.92. The first kappa shape index (κ1) is 16.0. The van der Waals surface area contributed by atoms with Gasteiger partial charge in [0.2, 0.25) is 0 Å². The van der Waals surface area contributed by atoms with Gasteiger partial charge < -0.3 is 5.32 Å². The Kier molecular flexibility index (Phi) is 9.65. The highest BCUT2D eigenvalue weighted by molar-refractivity contribution is 4.83. The zero-order valence-corrected chi connectivity index (χ0v) is 12.8. The van der Waals surface area contributed by atoms with Gasteiger partial charge in [-0.15, -0.1) is 0 Å². The molecule has 0 aliphatic carbocycles. The molecule has 0 saturated carbocycles. The lowest BCUT2D eigenvalue weighted by Gasteiger charge is -2.14. The topological polar surface area (TPSA) is 12.0 Å². The van der Waals surface area contributed by atoms with Crippen LogP contribution in [0.4, 0.5) is 0 Å². The second kappa shape index (κ2) is 10.8. The fourth-order valence-corrected chi connectivity index (χ4v) is 3.17. The van der Waals surface area contributed by atoms with Crippen molar-refractivity contribution in [1.82, 2.24) is 5.32 Å². The van der Waals surface area contributed by atoms with Crippen LogP contribution in [0, 0.1) is 0 Å². The third-order valence-corrected chi connectivity index (χ3v) is 4.40. The van der Waals surface area contributed by atoms with Gasteiger partial charge in [-0.1, -0.05) is 71.6 Å². The first-order valence-electron chi connectivity index (χ1n) is 8.62. The summed E-state index contributed by atoms with van der Waals surface area (Å²) in [5, 5.41) is 3.86. The molecular weight excluding hydrogens is 218 g/mol. The molecule has 1 heteroatoms. The van der Waals surface area contributed by atoms with Gasteiger partial charge in [0, 0.05) is 12.1 Å². The first-order chi connectivity index (χ1) is 8.86. The third-order valence-electron chi connectivity index (χ3n) is 4.40. The molecule has 1 rings (SSSR count). The van der Waals surface area contributed by atoms with Crippen molar-refractivity contribution in [3.8, 4) is 0 Å². The molecule has 1 fully saturated rings. The first-order valence-corrected chi connectivity index (χ1v) is 8.62. The fraction of sp³-hybridized carbons (Fsp3) is 1.00. The monoisotopic (exact) mass is 253 g/mol. The van der Waals surface area contributed by atoms with Crippen LogP contribution in [0.2, 0.25) is 0 Å². The highest BCUT2D eigenvalue weighted by Crippen LogP contribution is 2.21. The minimum atomic E-state index is 0.850. The predicted octanol–water partition coefficient (Wildman–Crippen LogP) is 5.44. The molecule has 0 aromatic rings. The molecule has 1 aliphatic heterocycles. The van der Waals surface area contributed by atoms with Crippen LogP contribution >= 0.6 is 0 Å². The van der Waals surface area contributed by atoms with Crippen molar-refractivity contribution in [3.05, 3.63) is 0 Å². The van der Waals surface area contributed by atoms with Gasteiger partial charge >= 0.3 is 0 Å². The van der Waals surface area contributed by atoms with Crippen LogP contribution in [0.3, 0.4) is 0 Å². The zero-order valence-electron chi connectivity index (χ0n) is 12.8. The Labute approximate surface area is 115 Å². The molecule has 0 spiro atoms. The molecule has 0 amide bonds. The van der Waals surface area contributed by atoms with Gasteiger partial charge in [-0.2, -0.15) is 0 Å². The van der Waals surface area contributed by atoms with Crippen LogP contribution in [0.1, 0.15) is 97.3 Å². The van der Waals surface area contributed by atoms with Crippen molar-refractivity contribution in [2.24, 2.45) is 0 Å². The summed E-state index contributed by atoms with van der Waals surface area (Å²) in [4.78, 5) is 0. The van der Waals surface area contributed by atoms with E-state index in [0.29, 0.717) is 0 Å². The second-order valence-corrected chi connectivity index (χ2v) is 6.19. The molecule has 1 heterocycles. The van der Waals surface area contributed by atoms with Crippen molar-refractivity contribution in [3.63, 3.8) is 0 Å². The number of unbranched alkanes of at least 4 members (excludes halogenated alkanes) is 7. The van der Waals surface area contributed by atoms with Gasteiger partial charge in [0.25, 0.3) is 0 Å². The zero-order chi connectivity index (χ0) is 13.1. The molecule has 0 unspecified atom stereocenters. The number of rotatable bonds is 11. The normalized spacial score (nSPS) is 23.7. The molecule has 0 aromatic heterocycles. The Hall–Kier alpha value is -0.0400. The molecule has 0 radical (unpaired) electrons. The average Bonchev–Trinajstić information content (AvgIpc) is 2.82. The molecular formula is C17H35N. The van der Waals surface area contributed by atoms with E-state index in [4.69, 9.17) is 0 Å². The van der Waals surface area contributed by atoms with Crippen molar-refractivity contribution in [2.45, 2.75) is 109 Å². The van der Waals surface area contributed by atoms with E-state index in [-0.39, 0.29) is 0 Å².